The van der Waals surface area contributed by atoms with Gasteiger partial charge in [-0.3, -0.25) is 9.59 Å². The van der Waals surface area contributed by atoms with Crippen LogP contribution in [0.2, 0.25) is 0 Å². The van der Waals surface area contributed by atoms with Crippen LogP contribution >= 0.6 is 0 Å². The Hall–Kier alpha value is -3.23. The Morgan fingerprint density at radius 1 is 1.38 bits per heavy atom. The second-order valence-electron chi connectivity index (χ2n) is 5.03. The van der Waals surface area contributed by atoms with E-state index in [1.807, 2.05) is 0 Å². The van der Waals surface area contributed by atoms with Crippen LogP contribution in [-0.4, -0.2) is 29.6 Å². The predicted octanol–water partition coefficient (Wildman–Crippen LogP) is 0.586. The zero-order valence-electron chi connectivity index (χ0n) is 12.8. The highest BCUT2D eigenvalue weighted by atomic mass is 16.7. The first-order chi connectivity index (χ1) is 11.5. The highest BCUT2D eigenvalue weighted by Gasteiger charge is 2.18. The molecule has 1 aromatic heterocycles. The quantitative estimate of drug-likeness (QED) is 0.792. The number of aromatic nitrogens is 1. The summed E-state index contributed by atoms with van der Waals surface area (Å²) in [5, 5.41) is 2.40. The Morgan fingerprint density at radius 2 is 2.17 bits per heavy atom. The third kappa shape index (κ3) is 3.40. The molecule has 0 unspecified atom stereocenters. The summed E-state index contributed by atoms with van der Waals surface area (Å²) in [4.78, 5) is 26.8. The Labute approximate surface area is 136 Å². The van der Waals surface area contributed by atoms with E-state index in [-0.39, 0.29) is 25.0 Å². The molecule has 1 aromatic carbocycles. The number of fused-ring (bicyclic) bond motifs is 1. The summed E-state index contributed by atoms with van der Waals surface area (Å²) in [6.07, 6.45) is 1.18. The van der Waals surface area contributed by atoms with Crippen LogP contribution in [0.25, 0.3) is 0 Å². The fourth-order valence-corrected chi connectivity index (χ4v) is 1.93. The molecule has 2 amide bonds. The number of primary amides is 1. The van der Waals surface area contributed by atoms with E-state index < -0.39 is 17.9 Å². The van der Waals surface area contributed by atoms with Gasteiger partial charge in [-0.2, -0.15) is 0 Å². The average molecular weight is 333 g/mol. The van der Waals surface area contributed by atoms with Gasteiger partial charge in [-0.1, -0.05) is 0 Å². The van der Waals surface area contributed by atoms with Gasteiger partial charge in [0.2, 0.25) is 18.6 Å². The summed E-state index contributed by atoms with van der Waals surface area (Å²) in [5.74, 6) is 0.814. The molecule has 24 heavy (non-hydrogen) atoms. The molecule has 1 atom stereocenters. The maximum absolute atomic E-state index is 11.9. The minimum atomic E-state index is -0.803. The minimum Gasteiger partial charge on any atom is -0.484 e. The van der Waals surface area contributed by atoms with Gasteiger partial charge in [0.1, 0.15) is 18.1 Å². The molecule has 9 nitrogen and oxygen atoms in total. The monoisotopic (exact) mass is 333 g/mol. The van der Waals surface area contributed by atoms with Crippen molar-refractivity contribution in [2.45, 2.75) is 19.6 Å². The number of nitrogens with two attached hydrogens (primary N) is 1. The second-order valence-corrected chi connectivity index (χ2v) is 5.03. The van der Waals surface area contributed by atoms with Gasteiger partial charge in [-0.25, -0.2) is 4.98 Å². The van der Waals surface area contributed by atoms with Crippen molar-refractivity contribution in [3.8, 4) is 17.2 Å². The number of oxazole rings is 1. The number of carbonyl (C=O) groups excluding carboxylic acids is 2. The summed E-state index contributed by atoms with van der Waals surface area (Å²) in [6.45, 7) is 1.68. The van der Waals surface area contributed by atoms with Crippen LogP contribution in [-0.2, 0) is 11.4 Å². The SMILES string of the molecule is C[C@@H](NC(=O)c1coc(COc2ccc3c(c2)OCO3)n1)C(N)=O. The van der Waals surface area contributed by atoms with Gasteiger partial charge in [-0.05, 0) is 19.1 Å². The minimum absolute atomic E-state index is 0.0261. The first-order valence-corrected chi connectivity index (χ1v) is 7.10. The number of ether oxygens (including phenoxy) is 3. The normalized spacial score (nSPS) is 13.4. The van der Waals surface area contributed by atoms with Crippen molar-refractivity contribution in [1.29, 1.82) is 0 Å². The Kier molecular flexibility index (Phi) is 4.23. The zero-order valence-corrected chi connectivity index (χ0v) is 12.8. The lowest BCUT2D eigenvalue weighted by Crippen LogP contribution is -2.42. The van der Waals surface area contributed by atoms with E-state index in [0.29, 0.717) is 17.2 Å². The molecular formula is C15H15N3O6. The number of rotatable bonds is 6. The fraction of sp³-hybridized carbons (Fsp3) is 0.267. The Bertz CT molecular complexity index is 772. The smallest absolute Gasteiger partial charge is 0.273 e. The van der Waals surface area contributed by atoms with Crippen molar-refractivity contribution in [3.63, 3.8) is 0 Å². The average Bonchev–Trinajstić information content (AvgIpc) is 3.21. The van der Waals surface area contributed by atoms with Crippen molar-refractivity contribution in [1.82, 2.24) is 10.3 Å². The number of nitrogens with one attached hydrogen (secondary N) is 1. The number of benzene rings is 1. The van der Waals surface area contributed by atoms with Gasteiger partial charge >= 0.3 is 0 Å². The second kappa shape index (κ2) is 6.49. The van der Waals surface area contributed by atoms with Crippen LogP contribution < -0.4 is 25.3 Å². The molecule has 126 valence electrons. The van der Waals surface area contributed by atoms with Crippen LogP contribution in [0.4, 0.5) is 0 Å². The lowest BCUT2D eigenvalue weighted by molar-refractivity contribution is -0.119. The molecule has 9 heteroatoms. The van der Waals surface area contributed by atoms with E-state index in [2.05, 4.69) is 10.3 Å². The molecule has 2 heterocycles. The highest BCUT2D eigenvalue weighted by Crippen LogP contribution is 2.35. The summed E-state index contributed by atoms with van der Waals surface area (Å²) >= 11 is 0. The van der Waals surface area contributed by atoms with E-state index in [9.17, 15) is 9.59 Å². The summed E-state index contributed by atoms with van der Waals surface area (Å²) < 4.78 is 21.2. The van der Waals surface area contributed by atoms with Crippen molar-refractivity contribution in [2.75, 3.05) is 6.79 Å². The van der Waals surface area contributed by atoms with Crippen LogP contribution in [0.1, 0.15) is 23.3 Å². The van der Waals surface area contributed by atoms with E-state index in [1.165, 1.54) is 13.2 Å². The van der Waals surface area contributed by atoms with Crippen molar-refractivity contribution in [3.05, 3.63) is 36.0 Å². The molecule has 0 saturated carbocycles. The molecule has 2 aromatic rings. The molecule has 0 saturated heterocycles. The van der Waals surface area contributed by atoms with Gasteiger partial charge in [-0.15, -0.1) is 0 Å². The molecule has 1 aliphatic heterocycles. The fourth-order valence-electron chi connectivity index (χ4n) is 1.93. The van der Waals surface area contributed by atoms with Crippen LogP contribution in [0.3, 0.4) is 0 Å². The van der Waals surface area contributed by atoms with E-state index in [1.54, 1.807) is 18.2 Å². The van der Waals surface area contributed by atoms with Crippen molar-refractivity contribution in [2.24, 2.45) is 5.73 Å². The largest absolute Gasteiger partial charge is 0.484 e. The zero-order chi connectivity index (χ0) is 17.1. The molecule has 0 fully saturated rings. The Balaban J connectivity index is 1.58. The van der Waals surface area contributed by atoms with Gasteiger partial charge in [0.05, 0.1) is 0 Å². The number of amides is 2. The van der Waals surface area contributed by atoms with Gasteiger partial charge in [0.15, 0.2) is 23.8 Å². The number of carbonyl (C=O) groups is 2. The first-order valence-electron chi connectivity index (χ1n) is 7.10. The lowest BCUT2D eigenvalue weighted by atomic mass is 10.3. The van der Waals surface area contributed by atoms with Crippen molar-refractivity contribution < 1.29 is 28.2 Å². The maximum atomic E-state index is 11.9. The summed E-state index contributed by atoms with van der Waals surface area (Å²) in [5.41, 5.74) is 5.12. The summed E-state index contributed by atoms with van der Waals surface area (Å²) in [7, 11) is 0. The molecule has 1 aliphatic rings. The molecule has 0 aliphatic carbocycles. The topological polar surface area (TPSA) is 126 Å². The maximum Gasteiger partial charge on any atom is 0.273 e. The van der Waals surface area contributed by atoms with Crippen LogP contribution in [0, 0.1) is 0 Å². The standard InChI is InChI=1S/C15H15N3O6/c1-8(14(16)19)17-15(20)10-5-22-13(18-10)6-21-9-2-3-11-12(4-9)24-7-23-11/h2-5,8H,6-7H2,1H3,(H2,16,19)(H,17,20)/t8-/m1/s1. The highest BCUT2D eigenvalue weighted by molar-refractivity contribution is 5.95. The van der Waals surface area contributed by atoms with Crippen LogP contribution in [0.5, 0.6) is 17.2 Å². The number of hydrogen-bond acceptors (Lipinski definition) is 7. The van der Waals surface area contributed by atoms with Gasteiger partial charge in [0, 0.05) is 6.07 Å². The lowest BCUT2D eigenvalue weighted by Gasteiger charge is -2.07. The molecule has 0 bridgehead atoms. The number of nitrogens with zero attached hydrogens (tertiary/aromatic N) is 1. The van der Waals surface area contributed by atoms with E-state index in [0.717, 1.165) is 0 Å². The van der Waals surface area contributed by atoms with E-state index >= 15 is 0 Å². The molecule has 3 N–H and O–H groups in total. The third-order valence-corrected chi connectivity index (χ3v) is 3.27. The van der Waals surface area contributed by atoms with Gasteiger partial charge in [0.25, 0.3) is 5.91 Å². The first kappa shape index (κ1) is 15.7. The Morgan fingerprint density at radius 3 is 2.96 bits per heavy atom. The van der Waals surface area contributed by atoms with Crippen molar-refractivity contribution >= 4 is 11.8 Å². The molecule has 0 radical (unpaired) electrons. The third-order valence-electron chi connectivity index (χ3n) is 3.27. The van der Waals surface area contributed by atoms with E-state index in [4.69, 9.17) is 24.4 Å². The molecule has 0 spiro atoms. The van der Waals surface area contributed by atoms with Crippen LogP contribution in [0.15, 0.2) is 28.9 Å². The van der Waals surface area contributed by atoms with Gasteiger partial charge < -0.3 is 29.7 Å². The molecule has 3 rings (SSSR count). The molecular weight excluding hydrogens is 318 g/mol. The predicted molar refractivity (Wildman–Crippen MR) is 79.5 cm³/mol. The summed E-state index contributed by atoms with van der Waals surface area (Å²) in [6, 6.07) is 4.34. The number of hydrogen-bond donors (Lipinski definition) is 2.